The SMILES string of the molecule is COc1ccc(N2C(C(C)=O)=NN(c3ccc(Cl)cc3)C2c2ccccc2)cc1Cl. The fourth-order valence-corrected chi connectivity index (χ4v) is 3.82. The lowest BCUT2D eigenvalue weighted by Gasteiger charge is -2.32. The van der Waals surface area contributed by atoms with Crippen LogP contribution < -0.4 is 14.6 Å². The third-order valence-corrected chi connectivity index (χ3v) is 5.37. The normalized spacial score (nSPS) is 15.9. The fraction of sp³-hybridized carbons (Fsp3) is 0.130. The van der Waals surface area contributed by atoms with E-state index in [9.17, 15) is 4.79 Å². The molecule has 0 N–H and O–H groups in total. The van der Waals surface area contributed by atoms with Crippen LogP contribution in [0.2, 0.25) is 10.0 Å². The van der Waals surface area contributed by atoms with E-state index in [4.69, 9.17) is 27.9 Å². The largest absolute Gasteiger partial charge is 0.495 e. The van der Waals surface area contributed by atoms with Crippen molar-refractivity contribution in [1.82, 2.24) is 0 Å². The van der Waals surface area contributed by atoms with Crippen LogP contribution in [0.15, 0.2) is 77.9 Å². The number of hydrogen-bond acceptors (Lipinski definition) is 5. The van der Waals surface area contributed by atoms with Crippen molar-refractivity contribution in [2.75, 3.05) is 17.0 Å². The van der Waals surface area contributed by atoms with Crippen molar-refractivity contribution in [3.05, 3.63) is 88.4 Å². The predicted molar refractivity (Wildman–Crippen MR) is 122 cm³/mol. The second-order valence-corrected chi connectivity index (χ2v) is 7.62. The Bertz CT molecular complexity index is 1100. The Hall–Kier alpha value is -3.02. The minimum absolute atomic E-state index is 0.153. The average Bonchev–Trinajstić information content (AvgIpc) is 3.16. The molecule has 0 amide bonds. The van der Waals surface area contributed by atoms with Gasteiger partial charge in [0.2, 0.25) is 0 Å². The highest BCUT2D eigenvalue weighted by molar-refractivity contribution is 6.44. The summed E-state index contributed by atoms with van der Waals surface area (Å²) in [6.07, 6.45) is -0.379. The third kappa shape index (κ3) is 3.74. The van der Waals surface area contributed by atoms with Gasteiger partial charge in [0.1, 0.15) is 5.75 Å². The first-order valence-corrected chi connectivity index (χ1v) is 10.1. The molecule has 1 aliphatic heterocycles. The van der Waals surface area contributed by atoms with Crippen molar-refractivity contribution in [3.8, 4) is 5.75 Å². The Kier molecular flexibility index (Phi) is 5.66. The van der Waals surface area contributed by atoms with Gasteiger partial charge in [-0.05, 0) is 48.0 Å². The second kappa shape index (κ2) is 8.38. The zero-order chi connectivity index (χ0) is 21.3. The van der Waals surface area contributed by atoms with Crippen LogP contribution >= 0.6 is 23.2 Å². The lowest BCUT2D eigenvalue weighted by molar-refractivity contribution is -0.111. The number of hydrazone groups is 1. The molecule has 0 aliphatic carbocycles. The van der Waals surface area contributed by atoms with Crippen LogP contribution in [-0.4, -0.2) is 18.7 Å². The lowest BCUT2D eigenvalue weighted by Crippen LogP contribution is -2.37. The first kappa shape index (κ1) is 20.3. The monoisotopic (exact) mass is 439 g/mol. The molecule has 0 bridgehead atoms. The highest BCUT2D eigenvalue weighted by Crippen LogP contribution is 2.41. The molecule has 5 nitrogen and oxygen atoms in total. The molecule has 152 valence electrons. The number of amidine groups is 1. The molecule has 3 aromatic rings. The van der Waals surface area contributed by atoms with E-state index in [1.165, 1.54) is 6.92 Å². The topological polar surface area (TPSA) is 45.1 Å². The number of carbonyl (C=O) groups excluding carboxylic acids is 1. The van der Waals surface area contributed by atoms with Crippen LogP contribution in [-0.2, 0) is 4.79 Å². The zero-order valence-corrected chi connectivity index (χ0v) is 17.9. The van der Waals surface area contributed by atoms with Crippen LogP contribution in [0.4, 0.5) is 11.4 Å². The number of nitrogens with zero attached hydrogens (tertiary/aromatic N) is 3. The van der Waals surface area contributed by atoms with Crippen LogP contribution in [0.1, 0.15) is 18.7 Å². The molecule has 1 heterocycles. The van der Waals surface area contributed by atoms with Crippen molar-refractivity contribution >= 4 is 46.2 Å². The standard InChI is InChI=1S/C23H19Cl2N3O2/c1-15(29)22-26-28(18-10-8-17(24)9-11-18)23(16-6-4-3-5-7-16)27(22)19-12-13-21(30-2)20(25)14-19/h3-14,23H,1-2H3. The Morgan fingerprint density at radius 3 is 2.23 bits per heavy atom. The fourth-order valence-electron chi connectivity index (χ4n) is 3.45. The van der Waals surface area contributed by atoms with Gasteiger partial charge in [-0.15, -0.1) is 5.10 Å². The summed E-state index contributed by atoms with van der Waals surface area (Å²) in [5.41, 5.74) is 2.52. The van der Waals surface area contributed by atoms with Crippen molar-refractivity contribution in [1.29, 1.82) is 0 Å². The Balaban J connectivity index is 1.89. The van der Waals surface area contributed by atoms with E-state index >= 15 is 0 Å². The highest BCUT2D eigenvalue weighted by atomic mass is 35.5. The van der Waals surface area contributed by atoms with Gasteiger partial charge in [0.25, 0.3) is 0 Å². The van der Waals surface area contributed by atoms with Crippen LogP contribution in [0, 0.1) is 0 Å². The van der Waals surface area contributed by atoms with Gasteiger partial charge in [0, 0.05) is 17.6 Å². The van der Waals surface area contributed by atoms with Gasteiger partial charge < -0.3 is 4.74 Å². The van der Waals surface area contributed by atoms with E-state index in [1.54, 1.807) is 31.4 Å². The molecule has 0 spiro atoms. The summed E-state index contributed by atoms with van der Waals surface area (Å²) in [6, 6.07) is 22.7. The van der Waals surface area contributed by atoms with Crippen molar-refractivity contribution in [3.63, 3.8) is 0 Å². The van der Waals surface area contributed by atoms with E-state index in [0.717, 1.165) is 16.9 Å². The van der Waals surface area contributed by atoms with E-state index < -0.39 is 0 Å². The summed E-state index contributed by atoms with van der Waals surface area (Å²) in [7, 11) is 1.56. The molecule has 0 radical (unpaired) electrons. The summed E-state index contributed by atoms with van der Waals surface area (Å²) in [5.74, 6) is 0.728. The molecule has 30 heavy (non-hydrogen) atoms. The van der Waals surface area contributed by atoms with Crippen molar-refractivity contribution < 1.29 is 9.53 Å². The van der Waals surface area contributed by atoms with Gasteiger partial charge >= 0.3 is 0 Å². The minimum Gasteiger partial charge on any atom is -0.495 e. The number of carbonyl (C=O) groups is 1. The van der Waals surface area contributed by atoms with Crippen LogP contribution in [0.3, 0.4) is 0 Å². The number of ether oxygens (including phenoxy) is 1. The smallest absolute Gasteiger partial charge is 0.198 e. The number of methoxy groups -OCH3 is 1. The van der Waals surface area contributed by atoms with E-state index in [-0.39, 0.29) is 11.9 Å². The maximum Gasteiger partial charge on any atom is 0.198 e. The molecule has 4 rings (SSSR count). The molecule has 1 aliphatic rings. The number of rotatable bonds is 5. The van der Waals surface area contributed by atoms with Crippen LogP contribution in [0.5, 0.6) is 5.75 Å². The first-order valence-electron chi connectivity index (χ1n) is 9.31. The number of benzene rings is 3. The summed E-state index contributed by atoms with van der Waals surface area (Å²) < 4.78 is 5.28. The summed E-state index contributed by atoms with van der Waals surface area (Å²) in [6.45, 7) is 1.50. The number of halogens is 2. The maximum absolute atomic E-state index is 12.6. The molecule has 0 saturated heterocycles. The van der Waals surface area contributed by atoms with Gasteiger partial charge in [0.15, 0.2) is 17.8 Å². The third-order valence-electron chi connectivity index (χ3n) is 4.82. The molecule has 0 saturated carbocycles. The Morgan fingerprint density at radius 2 is 1.63 bits per heavy atom. The van der Waals surface area contributed by atoms with Gasteiger partial charge in [-0.2, -0.15) is 0 Å². The van der Waals surface area contributed by atoms with Gasteiger partial charge in [-0.3, -0.25) is 9.69 Å². The minimum atomic E-state index is -0.379. The van der Waals surface area contributed by atoms with Gasteiger partial charge in [0.05, 0.1) is 17.8 Å². The second-order valence-electron chi connectivity index (χ2n) is 6.77. The zero-order valence-electron chi connectivity index (χ0n) is 16.4. The van der Waals surface area contributed by atoms with Gasteiger partial charge in [-0.25, -0.2) is 5.01 Å². The highest BCUT2D eigenvalue weighted by Gasteiger charge is 2.39. The number of Topliss-reactive ketones (excluding diaryl/α,β-unsaturated/α-hetero) is 1. The molecule has 1 unspecified atom stereocenters. The molecule has 1 atom stereocenters. The maximum atomic E-state index is 12.6. The molecule has 0 aromatic heterocycles. The first-order chi connectivity index (χ1) is 14.5. The summed E-state index contributed by atoms with van der Waals surface area (Å²) in [4.78, 5) is 14.5. The van der Waals surface area contributed by atoms with E-state index in [1.807, 2.05) is 58.4 Å². The molecule has 7 heteroatoms. The molecule has 3 aromatic carbocycles. The summed E-state index contributed by atoms with van der Waals surface area (Å²) in [5, 5.41) is 7.59. The average molecular weight is 440 g/mol. The Labute approximate surface area is 185 Å². The number of ketones is 1. The van der Waals surface area contributed by atoms with E-state index in [0.29, 0.717) is 21.6 Å². The Morgan fingerprint density at radius 1 is 0.967 bits per heavy atom. The van der Waals surface area contributed by atoms with Crippen molar-refractivity contribution in [2.24, 2.45) is 5.10 Å². The summed E-state index contributed by atoms with van der Waals surface area (Å²) >= 11 is 12.5. The van der Waals surface area contributed by atoms with Crippen LogP contribution in [0.25, 0.3) is 0 Å². The van der Waals surface area contributed by atoms with E-state index in [2.05, 4.69) is 5.10 Å². The lowest BCUT2D eigenvalue weighted by atomic mass is 10.1. The van der Waals surface area contributed by atoms with Crippen molar-refractivity contribution in [2.45, 2.75) is 13.1 Å². The molecular weight excluding hydrogens is 421 g/mol. The number of hydrogen-bond donors (Lipinski definition) is 0. The number of anilines is 2. The quantitative estimate of drug-likeness (QED) is 0.494. The molecule has 0 fully saturated rings. The molecular formula is C23H19Cl2N3O2. The predicted octanol–water partition coefficient (Wildman–Crippen LogP) is 5.93. The van der Waals surface area contributed by atoms with Gasteiger partial charge in [-0.1, -0.05) is 53.5 Å².